The van der Waals surface area contributed by atoms with E-state index in [1.54, 1.807) is 12.3 Å². The smallest absolute Gasteiger partial charge is 0.356 e. The largest absolute Gasteiger partial charge is 0.456 e. The van der Waals surface area contributed by atoms with Gasteiger partial charge in [0.05, 0.1) is 18.1 Å². The quantitative estimate of drug-likeness (QED) is 0.534. The first kappa shape index (κ1) is 20.2. The van der Waals surface area contributed by atoms with E-state index in [-0.39, 0.29) is 30.2 Å². The van der Waals surface area contributed by atoms with Gasteiger partial charge in [0.25, 0.3) is 0 Å². The summed E-state index contributed by atoms with van der Waals surface area (Å²) in [6.07, 6.45) is 1.16. The second-order valence-electron chi connectivity index (χ2n) is 6.70. The Labute approximate surface area is 167 Å². The molecule has 3 atom stereocenters. The molecule has 2 aliphatic rings. The van der Waals surface area contributed by atoms with E-state index >= 15 is 0 Å². The molecule has 3 unspecified atom stereocenters. The van der Waals surface area contributed by atoms with Crippen LogP contribution in [0, 0.1) is 5.92 Å². The Morgan fingerprint density at radius 2 is 2.11 bits per heavy atom. The standard InChI is InChI=1S/C20H22N2O5S/c1-12(23)17-15-10-16(28-9-8-21-13(2)24)18(22(15)19(17)25)20(26)27-11-14-6-4-3-5-7-14/h3-9,12,15,17,23H,10-11H2,1-2H3,(H,21,24)/b9-8+. The first-order valence-electron chi connectivity index (χ1n) is 8.94. The summed E-state index contributed by atoms with van der Waals surface area (Å²) in [5.74, 6) is -1.56. The molecule has 0 radical (unpaired) electrons. The van der Waals surface area contributed by atoms with E-state index in [0.717, 1.165) is 5.56 Å². The van der Waals surface area contributed by atoms with Crippen LogP contribution in [0.15, 0.2) is 52.5 Å². The molecule has 28 heavy (non-hydrogen) atoms. The highest BCUT2D eigenvalue weighted by Crippen LogP contribution is 2.47. The van der Waals surface area contributed by atoms with Gasteiger partial charge >= 0.3 is 5.97 Å². The second kappa shape index (κ2) is 8.62. The van der Waals surface area contributed by atoms with E-state index in [4.69, 9.17) is 4.74 Å². The first-order valence-corrected chi connectivity index (χ1v) is 9.82. The van der Waals surface area contributed by atoms with Crippen LogP contribution in [0.25, 0.3) is 0 Å². The average Bonchev–Trinajstić information content (AvgIpc) is 2.98. The van der Waals surface area contributed by atoms with Crippen LogP contribution >= 0.6 is 11.8 Å². The molecular formula is C20H22N2O5S. The number of ether oxygens (including phenoxy) is 1. The Morgan fingerprint density at radius 1 is 1.39 bits per heavy atom. The van der Waals surface area contributed by atoms with E-state index in [0.29, 0.717) is 11.3 Å². The van der Waals surface area contributed by atoms with Crippen LogP contribution in [0.2, 0.25) is 0 Å². The number of carbonyl (C=O) groups excluding carboxylic acids is 3. The van der Waals surface area contributed by atoms with Gasteiger partial charge < -0.3 is 20.1 Å². The fourth-order valence-electron chi connectivity index (χ4n) is 3.39. The number of hydrogen-bond acceptors (Lipinski definition) is 6. The van der Waals surface area contributed by atoms with Crippen LogP contribution < -0.4 is 5.32 Å². The number of rotatable bonds is 7. The molecule has 2 heterocycles. The summed E-state index contributed by atoms with van der Waals surface area (Å²) >= 11 is 1.26. The second-order valence-corrected chi connectivity index (χ2v) is 7.70. The molecule has 1 aromatic carbocycles. The summed E-state index contributed by atoms with van der Waals surface area (Å²) in [5.41, 5.74) is 1.07. The lowest BCUT2D eigenvalue weighted by Gasteiger charge is -2.44. The third kappa shape index (κ3) is 4.13. The molecule has 1 aromatic rings. The average molecular weight is 402 g/mol. The highest BCUT2D eigenvalue weighted by Gasteiger charge is 2.56. The maximum Gasteiger partial charge on any atom is 0.356 e. The van der Waals surface area contributed by atoms with E-state index in [1.807, 2.05) is 30.3 Å². The lowest BCUT2D eigenvalue weighted by Crippen LogP contribution is -2.61. The number of carbonyl (C=O) groups is 3. The first-order chi connectivity index (χ1) is 13.4. The van der Waals surface area contributed by atoms with Crippen LogP contribution in [0.4, 0.5) is 0 Å². The SMILES string of the molecule is CC(=O)N/C=C/SC1=C(C(=O)OCc2ccccc2)N2C(=O)C(C(C)O)C2C1. The molecule has 0 spiro atoms. The number of fused-ring (bicyclic) bond motifs is 1. The molecule has 2 aliphatic heterocycles. The molecule has 0 saturated carbocycles. The third-order valence-electron chi connectivity index (χ3n) is 4.66. The van der Waals surface area contributed by atoms with E-state index in [1.165, 1.54) is 29.8 Å². The molecule has 0 aliphatic carbocycles. The van der Waals surface area contributed by atoms with Crippen LogP contribution in [0.1, 0.15) is 25.8 Å². The molecule has 1 saturated heterocycles. The van der Waals surface area contributed by atoms with Gasteiger partial charge in [0.2, 0.25) is 11.8 Å². The number of thioether (sulfide) groups is 1. The minimum Gasteiger partial charge on any atom is -0.456 e. The minimum atomic E-state index is -0.783. The molecule has 1 fully saturated rings. The monoisotopic (exact) mass is 402 g/mol. The van der Waals surface area contributed by atoms with Crippen LogP contribution in [-0.4, -0.2) is 39.9 Å². The maximum atomic E-state index is 12.7. The fourth-order valence-corrected chi connectivity index (χ4v) is 4.25. The van der Waals surface area contributed by atoms with Crippen LogP contribution in [-0.2, 0) is 25.7 Å². The van der Waals surface area contributed by atoms with Gasteiger partial charge in [0.15, 0.2) is 0 Å². The zero-order valence-electron chi connectivity index (χ0n) is 15.6. The van der Waals surface area contributed by atoms with Gasteiger partial charge in [-0.15, -0.1) is 0 Å². The van der Waals surface area contributed by atoms with Crippen molar-refractivity contribution >= 4 is 29.5 Å². The Balaban J connectivity index is 1.76. The molecule has 2 N–H and O–H groups in total. The number of nitrogens with zero attached hydrogens (tertiary/aromatic N) is 1. The molecule has 3 rings (SSSR count). The molecule has 0 bridgehead atoms. The number of hydrogen-bond donors (Lipinski definition) is 2. The predicted molar refractivity (Wildman–Crippen MR) is 104 cm³/mol. The summed E-state index contributed by atoms with van der Waals surface area (Å²) in [6.45, 7) is 3.08. The topological polar surface area (TPSA) is 95.9 Å². The fraction of sp³-hybridized carbons (Fsp3) is 0.350. The molecule has 2 amide bonds. The maximum absolute atomic E-state index is 12.7. The van der Waals surface area contributed by atoms with Gasteiger partial charge in [-0.2, -0.15) is 0 Å². The Bertz CT molecular complexity index is 834. The molecule has 0 aromatic heterocycles. The summed E-state index contributed by atoms with van der Waals surface area (Å²) in [4.78, 5) is 38.3. The van der Waals surface area contributed by atoms with Crippen molar-refractivity contribution in [1.82, 2.24) is 10.2 Å². The van der Waals surface area contributed by atoms with Crippen molar-refractivity contribution in [1.29, 1.82) is 0 Å². The van der Waals surface area contributed by atoms with Gasteiger partial charge in [-0.05, 0) is 17.9 Å². The summed E-state index contributed by atoms with van der Waals surface area (Å²) < 4.78 is 5.42. The lowest BCUT2D eigenvalue weighted by molar-refractivity contribution is -0.162. The van der Waals surface area contributed by atoms with Gasteiger partial charge in [-0.25, -0.2) is 4.79 Å². The molecular weight excluding hydrogens is 380 g/mol. The number of nitrogens with one attached hydrogen (secondary N) is 1. The van der Waals surface area contributed by atoms with Crippen molar-refractivity contribution in [2.24, 2.45) is 5.92 Å². The molecule has 7 nitrogen and oxygen atoms in total. The summed E-state index contributed by atoms with van der Waals surface area (Å²) in [7, 11) is 0. The van der Waals surface area contributed by atoms with Crippen molar-refractivity contribution in [3.8, 4) is 0 Å². The number of amides is 2. The van der Waals surface area contributed by atoms with Gasteiger partial charge in [-0.1, -0.05) is 42.1 Å². The Kier molecular flexibility index (Phi) is 6.21. The van der Waals surface area contributed by atoms with Crippen molar-refractivity contribution < 1.29 is 24.2 Å². The normalized spacial score (nSPS) is 22.1. The van der Waals surface area contributed by atoms with Gasteiger partial charge in [0.1, 0.15) is 12.3 Å². The number of aliphatic hydroxyl groups excluding tert-OH is 1. The summed E-state index contributed by atoms with van der Waals surface area (Å²) in [5, 5.41) is 14.1. The summed E-state index contributed by atoms with van der Waals surface area (Å²) in [6, 6.07) is 9.04. The van der Waals surface area contributed by atoms with E-state index in [9.17, 15) is 19.5 Å². The molecule has 8 heteroatoms. The van der Waals surface area contributed by atoms with Gasteiger partial charge in [0, 0.05) is 24.4 Å². The predicted octanol–water partition coefficient (Wildman–Crippen LogP) is 1.89. The molecule has 148 valence electrons. The van der Waals surface area contributed by atoms with Crippen LogP contribution in [0.5, 0.6) is 0 Å². The zero-order chi connectivity index (χ0) is 20.3. The minimum absolute atomic E-state index is 0.107. The number of β-lactam (4-membered cyclic amide) rings is 1. The van der Waals surface area contributed by atoms with Crippen molar-refractivity contribution in [3.05, 3.63) is 58.1 Å². The third-order valence-corrected chi connectivity index (χ3v) is 5.58. The van der Waals surface area contributed by atoms with Crippen molar-refractivity contribution in [2.45, 2.75) is 39.0 Å². The highest BCUT2D eigenvalue weighted by molar-refractivity contribution is 8.05. The Morgan fingerprint density at radius 3 is 2.75 bits per heavy atom. The van der Waals surface area contributed by atoms with Crippen LogP contribution in [0.3, 0.4) is 0 Å². The Hall–Kier alpha value is -2.58. The number of aliphatic hydroxyl groups is 1. The van der Waals surface area contributed by atoms with E-state index < -0.39 is 18.0 Å². The highest BCUT2D eigenvalue weighted by atomic mass is 32.2. The van der Waals surface area contributed by atoms with E-state index in [2.05, 4.69) is 5.32 Å². The van der Waals surface area contributed by atoms with Crippen molar-refractivity contribution in [2.75, 3.05) is 0 Å². The number of benzene rings is 1. The van der Waals surface area contributed by atoms with Crippen molar-refractivity contribution in [3.63, 3.8) is 0 Å². The zero-order valence-corrected chi connectivity index (χ0v) is 16.4. The van der Waals surface area contributed by atoms with Gasteiger partial charge in [-0.3, -0.25) is 9.59 Å². The number of esters is 1. The lowest BCUT2D eigenvalue weighted by atomic mass is 9.83.